The third-order valence-corrected chi connectivity index (χ3v) is 3.21. The number of nitriles is 1. The molecule has 1 aromatic heterocycles. The summed E-state index contributed by atoms with van der Waals surface area (Å²) in [6.45, 7) is 0.503. The first-order valence-electron chi connectivity index (χ1n) is 6.11. The van der Waals surface area contributed by atoms with E-state index in [0.29, 0.717) is 17.9 Å². The largest absolute Gasteiger partial charge is 0.476 e. The Morgan fingerprint density at radius 2 is 2.19 bits per heavy atom. The lowest BCUT2D eigenvalue weighted by Crippen LogP contribution is -2.19. The number of hydrogen-bond donors (Lipinski definition) is 1. The van der Waals surface area contributed by atoms with Crippen LogP contribution in [0.5, 0.6) is 0 Å². The molecular weight excluding hydrogens is 290 g/mol. The Kier molecular flexibility index (Phi) is 4.41. The zero-order valence-corrected chi connectivity index (χ0v) is 12.0. The second kappa shape index (κ2) is 6.25. The molecule has 0 aliphatic carbocycles. The molecule has 0 aliphatic rings. The number of carbonyl (C=O) groups is 1. The predicted octanol–water partition coefficient (Wildman–Crippen LogP) is 2.94. The first kappa shape index (κ1) is 14.8. The number of anilines is 1. The van der Waals surface area contributed by atoms with E-state index in [1.54, 1.807) is 36.2 Å². The van der Waals surface area contributed by atoms with Gasteiger partial charge in [0.05, 0.1) is 16.7 Å². The van der Waals surface area contributed by atoms with Crippen molar-refractivity contribution in [1.29, 1.82) is 5.26 Å². The highest BCUT2D eigenvalue weighted by molar-refractivity contribution is 6.33. The molecule has 0 spiro atoms. The summed E-state index contributed by atoms with van der Waals surface area (Å²) in [6, 6.07) is 12.5. The molecule has 0 radical (unpaired) electrons. The molecule has 1 heterocycles. The lowest BCUT2D eigenvalue weighted by atomic mass is 10.1. The van der Waals surface area contributed by atoms with Gasteiger partial charge in [-0.05, 0) is 29.8 Å². The second-order valence-electron chi connectivity index (χ2n) is 4.47. The minimum absolute atomic E-state index is 0.103. The average Bonchev–Trinajstić information content (AvgIpc) is 2.47. The highest BCUT2D eigenvalue weighted by atomic mass is 35.5. The van der Waals surface area contributed by atoms with Crippen LogP contribution in [-0.2, 0) is 6.54 Å². The van der Waals surface area contributed by atoms with Gasteiger partial charge in [0.2, 0.25) is 0 Å². The van der Waals surface area contributed by atoms with Crippen molar-refractivity contribution in [3.8, 4) is 6.07 Å². The number of aromatic nitrogens is 1. The number of rotatable bonds is 4. The van der Waals surface area contributed by atoms with Gasteiger partial charge in [-0.2, -0.15) is 5.26 Å². The van der Waals surface area contributed by atoms with E-state index in [-0.39, 0.29) is 10.7 Å². The number of carboxylic acid groups (broad SMARTS) is 1. The minimum Gasteiger partial charge on any atom is -0.476 e. The minimum atomic E-state index is -1.17. The molecule has 0 saturated carbocycles. The Bertz CT molecular complexity index is 725. The summed E-state index contributed by atoms with van der Waals surface area (Å²) in [5.74, 6) is -0.666. The van der Waals surface area contributed by atoms with E-state index >= 15 is 0 Å². The number of hydrogen-bond acceptors (Lipinski definition) is 4. The van der Waals surface area contributed by atoms with Crippen LogP contribution in [0.3, 0.4) is 0 Å². The molecule has 0 unspecified atom stereocenters. The maximum Gasteiger partial charge on any atom is 0.356 e. The number of pyridine rings is 1. The topological polar surface area (TPSA) is 77.2 Å². The van der Waals surface area contributed by atoms with E-state index in [4.69, 9.17) is 22.0 Å². The molecule has 0 bridgehead atoms. The summed E-state index contributed by atoms with van der Waals surface area (Å²) < 4.78 is 0. The third-order valence-electron chi connectivity index (χ3n) is 2.90. The molecule has 0 fully saturated rings. The molecule has 2 rings (SSSR count). The van der Waals surface area contributed by atoms with Gasteiger partial charge >= 0.3 is 5.97 Å². The van der Waals surface area contributed by atoms with E-state index in [0.717, 1.165) is 5.56 Å². The number of nitrogens with zero attached hydrogens (tertiary/aromatic N) is 3. The summed E-state index contributed by atoms with van der Waals surface area (Å²) in [4.78, 5) is 16.9. The van der Waals surface area contributed by atoms with Crippen LogP contribution in [0.15, 0.2) is 36.4 Å². The Morgan fingerprint density at radius 1 is 1.43 bits per heavy atom. The molecule has 21 heavy (non-hydrogen) atoms. The molecule has 5 nitrogen and oxygen atoms in total. The Balaban J connectivity index is 2.24. The maximum absolute atomic E-state index is 11.0. The van der Waals surface area contributed by atoms with E-state index in [1.165, 1.54) is 6.07 Å². The summed E-state index contributed by atoms with van der Waals surface area (Å²) >= 11 is 5.80. The predicted molar refractivity (Wildman–Crippen MR) is 79.5 cm³/mol. The molecule has 6 heteroatoms. The van der Waals surface area contributed by atoms with Crippen LogP contribution in [0.4, 0.5) is 5.82 Å². The quantitative estimate of drug-likeness (QED) is 0.939. The van der Waals surface area contributed by atoms with Crippen molar-refractivity contribution in [2.75, 3.05) is 11.9 Å². The smallest absolute Gasteiger partial charge is 0.356 e. The number of benzene rings is 1. The van der Waals surface area contributed by atoms with E-state index in [2.05, 4.69) is 11.1 Å². The number of halogens is 1. The molecule has 0 saturated heterocycles. The van der Waals surface area contributed by atoms with Crippen molar-refractivity contribution < 1.29 is 9.90 Å². The number of aromatic carboxylic acids is 1. The monoisotopic (exact) mass is 301 g/mol. The summed E-state index contributed by atoms with van der Waals surface area (Å²) in [5.41, 5.74) is 1.34. The summed E-state index contributed by atoms with van der Waals surface area (Å²) in [7, 11) is 1.79. The third kappa shape index (κ3) is 3.50. The standard InChI is InChI=1S/C15H12ClN3O2/c1-19(9-11-4-2-3-10(7-11)8-17)13-6-5-12(16)14(18-13)15(20)21/h2-7H,9H2,1H3,(H,20,21). The first-order valence-corrected chi connectivity index (χ1v) is 6.49. The SMILES string of the molecule is CN(Cc1cccc(C#N)c1)c1ccc(Cl)c(C(=O)O)n1. The summed E-state index contributed by atoms with van der Waals surface area (Å²) in [5, 5.41) is 18.0. The Morgan fingerprint density at radius 3 is 2.86 bits per heavy atom. The second-order valence-corrected chi connectivity index (χ2v) is 4.88. The molecule has 2 aromatic rings. The zero-order valence-electron chi connectivity index (χ0n) is 11.2. The highest BCUT2D eigenvalue weighted by Crippen LogP contribution is 2.20. The van der Waals surface area contributed by atoms with E-state index < -0.39 is 5.97 Å². The zero-order chi connectivity index (χ0) is 15.4. The van der Waals surface area contributed by atoms with Crippen LogP contribution in [0.2, 0.25) is 5.02 Å². The van der Waals surface area contributed by atoms with Crippen molar-refractivity contribution in [2.24, 2.45) is 0 Å². The van der Waals surface area contributed by atoms with Crippen LogP contribution in [0.25, 0.3) is 0 Å². The van der Waals surface area contributed by atoms with Gasteiger partial charge in [-0.25, -0.2) is 9.78 Å². The van der Waals surface area contributed by atoms with Crippen LogP contribution in [0.1, 0.15) is 21.6 Å². The van der Waals surface area contributed by atoms with Gasteiger partial charge in [0, 0.05) is 13.6 Å². The van der Waals surface area contributed by atoms with Gasteiger partial charge < -0.3 is 10.0 Å². The van der Waals surface area contributed by atoms with Crippen LogP contribution in [0, 0.1) is 11.3 Å². The summed E-state index contributed by atoms with van der Waals surface area (Å²) in [6.07, 6.45) is 0. The van der Waals surface area contributed by atoms with Gasteiger partial charge in [-0.3, -0.25) is 0 Å². The van der Waals surface area contributed by atoms with Gasteiger partial charge in [-0.1, -0.05) is 23.7 Å². The van der Waals surface area contributed by atoms with Gasteiger partial charge in [-0.15, -0.1) is 0 Å². The molecular formula is C15H12ClN3O2. The van der Waals surface area contributed by atoms with Gasteiger partial charge in [0.1, 0.15) is 5.82 Å². The average molecular weight is 302 g/mol. The highest BCUT2D eigenvalue weighted by Gasteiger charge is 2.13. The van der Waals surface area contributed by atoms with Crippen LogP contribution >= 0.6 is 11.6 Å². The molecule has 0 aliphatic heterocycles. The van der Waals surface area contributed by atoms with Gasteiger partial charge in [0.25, 0.3) is 0 Å². The molecule has 106 valence electrons. The maximum atomic E-state index is 11.0. The Hall–Kier alpha value is -2.58. The van der Waals surface area contributed by atoms with E-state index in [9.17, 15) is 4.79 Å². The normalized spacial score (nSPS) is 9.95. The van der Waals surface area contributed by atoms with Crippen LogP contribution in [-0.4, -0.2) is 23.1 Å². The molecule has 0 atom stereocenters. The van der Waals surface area contributed by atoms with Gasteiger partial charge in [0.15, 0.2) is 5.69 Å². The van der Waals surface area contributed by atoms with Crippen molar-refractivity contribution in [1.82, 2.24) is 4.98 Å². The van der Waals surface area contributed by atoms with Crippen LogP contribution < -0.4 is 4.90 Å². The van der Waals surface area contributed by atoms with E-state index in [1.807, 2.05) is 6.07 Å². The van der Waals surface area contributed by atoms with Crippen molar-refractivity contribution in [3.63, 3.8) is 0 Å². The molecule has 1 aromatic carbocycles. The fourth-order valence-corrected chi connectivity index (χ4v) is 2.07. The fraction of sp³-hybridized carbons (Fsp3) is 0.133. The molecule has 1 N–H and O–H groups in total. The fourth-order valence-electron chi connectivity index (χ4n) is 1.89. The lowest BCUT2D eigenvalue weighted by Gasteiger charge is -2.19. The molecule has 0 amide bonds. The lowest BCUT2D eigenvalue weighted by molar-refractivity contribution is 0.0691. The van der Waals surface area contributed by atoms with Crippen molar-refractivity contribution in [2.45, 2.75) is 6.54 Å². The van der Waals surface area contributed by atoms with Crippen molar-refractivity contribution in [3.05, 3.63) is 58.2 Å². The first-order chi connectivity index (χ1) is 10.0. The Labute approximate surface area is 127 Å². The van der Waals surface area contributed by atoms with Crippen molar-refractivity contribution >= 4 is 23.4 Å². The number of carboxylic acids is 1.